The maximum absolute atomic E-state index is 10.7. The van der Waals surface area contributed by atoms with Crippen molar-refractivity contribution in [2.45, 2.75) is 0 Å². The summed E-state index contributed by atoms with van der Waals surface area (Å²) in [6.07, 6.45) is 0. The Kier molecular flexibility index (Phi) is 2.67. The summed E-state index contributed by atoms with van der Waals surface area (Å²) < 4.78 is 2.95. The van der Waals surface area contributed by atoms with Crippen LogP contribution >= 0.6 is 38.5 Å². The van der Waals surface area contributed by atoms with Gasteiger partial charge < -0.3 is 0 Å². The van der Waals surface area contributed by atoms with Gasteiger partial charge in [0.05, 0.1) is 14.9 Å². The van der Waals surface area contributed by atoms with Gasteiger partial charge in [0.1, 0.15) is 3.70 Å². The number of nitrogens with zero attached hydrogens (tertiary/aromatic N) is 3. The van der Waals surface area contributed by atoms with Gasteiger partial charge in [0, 0.05) is 18.5 Å². The third-order valence-corrected chi connectivity index (χ3v) is 3.50. The number of halogens is 2. The van der Waals surface area contributed by atoms with Gasteiger partial charge in [-0.3, -0.25) is 14.8 Å². The Bertz CT molecular complexity index is 567. The van der Waals surface area contributed by atoms with Crippen LogP contribution in [-0.2, 0) is 7.05 Å². The molecule has 1 heterocycles. The van der Waals surface area contributed by atoms with Gasteiger partial charge in [-0.2, -0.15) is 5.10 Å². The van der Waals surface area contributed by atoms with E-state index in [1.165, 1.54) is 6.07 Å². The number of rotatable bonds is 1. The molecular formula is C8H5BrIN3O2. The predicted octanol–water partition coefficient (Wildman–Crippen LogP) is 2.85. The first kappa shape index (κ1) is 10.8. The Labute approximate surface area is 107 Å². The molecule has 0 spiro atoms. The predicted molar refractivity (Wildman–Crippen MR) is 67.8 cm³/mol. The van der Waals surface area contributed by atoms with Gasteiger partial charge in [0.25, 0.3) is 5.69 Å². The molecule has 0 aliphatic rings. The maximum Gasteiger partial charge on any atom is 0.285 e. The molecule has 0 radical (unpaired) electrons. The standard InChI is InChI=1S/C8H5BrIN3O2/c1-12-6-3-7(13(14)15)5(9)2-4(6)8(10)11-12/h2-3H,1H3. The van der Waals surface area contributed by atoms with Crippen molar-refractivity contribution >= 4 is 55.1 Å². The number of aryl methyl sites for hydroxylation is 1. The summed E-state index contributed by atoms with van der Waals surface area (Å²) in [5.74, 6) is 0. The minimum absolute atomic E-state index is 0.0573. The largest absolute Gasteiger partial charge is 0.285 e. The molecule has 0 N–H and O–H groups in total. The van der Waals surface area contributed by atoms with Crippen molar-refractivity contribution in [3.05, 3.63) is 30.4 Å². The average Bonchev–Trinajstić information content (AvgIpc) is 2.41. The van der Waals surface area contributed by atoms with Crippen molar-refractivity contribution < 1.29 is 4.92 Å². The fourth-order valence-corrected chi connectivity index (χ4v) is 2.61. The first-order chi connectivity index (χ1) is 7.00. The van der Waals surface area contributed by atoms with Crippen LogP contribution in [-0.4, -0.2) is 14.7 Å². The minimum atomic E-state index is -0.413. The molecule has 0 bridgehead atoms. The van der Waals surface area contributed by atoms with E-state index < -0.39 is 4.92 Å². The fraction of sp³-hybridized carbons (Fsp3) is 0.125. The molecule has 0 amide bonds. The van der Waals surface area contributed by atoms with Crippen LogP contribution in [0.5, 0.6) is 0 Å². The van der Waals surface area contributed by atoms with E-state index in [0.29, 0.717) is 4.47 Å². The van der Waals surface area contributed by atoms with Crippen molar-refractivity contribution in [1.29, 1.82) is 0 Å². The molecular weight excluding hydrogens is 377 g/mol. The summed E-state index contributed by atoms with van der Waals surface area (Å²) >= 11 is 5.28. The van der Waals surface area contributed by atoms with E-state index in [1.54, 1.807) is 17.8 Å². The molecule has 0 fully saturated rings. The second-order valence-electron chi connectivity index (χ2n) is 2.99. The summed E-state index contributed by atoms with van der Waals surface area (Å²) in [5, 5.41) is 15.8. The van der Waals surface area contributed by atoms with Crippen LogP contribution in [0.4, 0.5) is 5.69 Å². The molecule has 5 nitrogen and oxygen atoms in total. The van der Waals surface area contributed by atoms with Gasteiger partial charge >= 0.3 is 0 Å². The van der Waals surface area contributed by atoms with Crippen LogP contribution in [0.15, 0.2) is 16.6 Å². The Balaban J connectivity index is 2.85. The number of aromatic nitrogens is 2. The summed E-state index contributed by atoms with van der Waals surface area (Å²) in [5.41, 5.74) is 0.816. The highest BCUT2D eigenvalue weighted by Gasteiger charge is 2.16. The van der Waals surface area contributed by atoms with Gasteiger partial charge in [-0.25, -0.2) is 0 Å². The first-order valence-electron chi connectivity index (χ1n) is 3.97. The van der Waals surface area contributed by atoms with Gasteiger partial charge in [-0.05, 0) is 44.6 Å². The van der Waals surface area contributed by atoms with E-state index >= 15 is 0 Å². The number of fused-ring (bicyclic) bond motifs is 1. The van der Waals surface area contributed by atoms with Crippen LogP contribution in [0, 0.1) is 13.8 Å². The monoisotopic (exact) mass is 381 g/mol. The van der Waals surface area contributed by atoms with E-state index in [0.717, 1.165) is 14.6 Å². The van der Waals surface area contributed by atoms with Crippen LogP contribution < -0.4 is 0 Å². The molecule has 0 unspecified atom stereocenters. The fourth-order valence-electron chi connectivity index (χ4n) is 1.36. The van der Waals surface area contributed by atoms with Crippen molar-refractivity contribution in [1.82, 2.24) is 9.78 Å². The molecule has 1 aromatic heterocycles. The lowest BCUT2D eigenvalue weighted by molar-refractivity contribution is -0.385. The van der Waals surface area contributed by atoms with Crippen molar-refractivity contribution in [3.63, 3.8) is 0 Å². The van der Waals surface area contributed by atoms with Crippen molar-refractivity contribution in [3.8, 4) is 0 Å². The van der Waals surface area contributed by atoms with Crippen LogP contribution in [0.25, 0.3) is 10.9 Å². The summed E-state index contributed by atoms with van der Waals surface area (Å²) in [6.45, 7) is 0. The lowest BCUT2D eigenvalue weighted by atomic mass is 10.2. The van der Waals surface area contributed by atoms with Gasteiger partial charge in [0.15, 0.2) is 0 Å². The summed E-state index contributed by atoms with van der Waals surface area (Å²) in [6, 6.07) is 3.25. The molecule has 0 saturated heterocycles. The van der Waals surface area contributed by atoms with Crippen LogP contribution in [0.1, 0.15) is 0 Å². The van der Waals surface area contributed by atoms with Crippen LogP contribution in [0.2, 0.25) is 0 Å². The number of nitro benzene ring substituents is 1. The molecule has 15 heavy (non-hydrogen) atoms. The molecule has 2 rings (SSSR count). The lowest BCUT2D eigenvalue weighted by Gasteiger charge is -1.97. The second-order valence-corrected chi connectivity index (χ2v) is 4.87. The lowest BCUT2D eigenvalue weighted by Crippen LogP contribution is -1.92. The Morgan fingerprint density at radius 1 is 1.60 bits per heavy atom. The third-order valence-electron chi connectivity index (χ3n) is 2.07. The SMILES string of the molecule is Cn1nc(I)c2cc(Br)c([N+](=O)[O-])cc21. The third kappa shape index (κ3) is 1.73. The van der Waals surface area contributed by atoms with E-state index in [9.17, 15) is 10.1 Å². The quantitative estimate of drug-likeness (QED) is 0.433. The normalized spacial score (nSPS) is 10.9. The molecule has 7 heteroatoms. The molecule has 0 aliphatic carbocycles. The van der Waals surface area contributed by atoms with E-state index in [-0.39, 0.29) is 5.69 Å². The van der Waals surface area contributed by atoms with Crippen molar-refractivity contribution in [2.24, 2.45) is 7.05 Å². The minimum Gasteiger partial charge on any atom is -0.267 e. The zero-order chi connectivity index (χ0) is 11.2. The summed E-state index contributed by atoms with van der Waals surface area (Å²) in [4.78, 5) is 10.3. The molecule has 0 atom stereocenters. The van der Waals surface area contributed by atoms with E-state index in [2.05, 4.69) is 43.6 Å². The zero-order valence-electron chi connectivity index (χ0n) is 7.57. The zero-order valence-corrected chi connectivity index (χ0v) is 11.3. The first-order valence-corrected chi connectivity index (χ1v) is 5.84. The second kappa shape index (κ2) is 3.71. The Hall–Kier alpha value is -0.700. The molecule has 1 aromatic carbocycles. The highest BCUT2D eigenvalue weighted by Crippen LogP contribution is 2.31. The number of nitro groups is 1. The summed E-state index contributed by atoms with van der Waals surface area (Å²) in [7, 11) is 1.77. The van der Waals surface area contributed by atoms with E-state index in [4.69, 9.17) is 0 Å². The van der Waals surface area contributed by atoms with Gasteiger partial charge in [0.2, 0.25) is 0 Å². The maximum atomic E-state index is 10.7. The van der Waals surface area contributed by atoms with Gasteiger partial charge in [-0.1, -0.05) is 0 Å². The smallest absolute Gasteiger partial charge is 0.267 e. The van der Waals surface area contributed by atoms with Crippen molar-refractivity contribution in [2.75, 3.05) is 0 Å². The number of benzene rings is 1. The number of hydrogen-bond acceptors (Lipinski definition) is 3. The molecule has 0 aliphatic heterocycles. The highest BCUT2D eigenvalue weighted by molar-refractivity contribution is 14.1. The molecule has 78 valence electrons. The number of hydrogen-bond donors (Lipinski definition) is 0. The molecule has 2 aromatic rings. The Morgan fingerprint density at radius 3 is 2.87 bits per heavy atom. The highest BCUT2D eigenvalue weighted by atomic mass is 127. The Morgan fingerprint density at radius 2 is 2.27 bits per heavy atom. The molecule has 0 saturated carbocycles. The topological polar surface area (TPSA) is 61.0 Å². The average molecular weight is 382 g/mol. The van der Waals surface area contributed by atoms with Gasteiger partial charge in [-0.15, -0.1) is 0 Å². The van der Waals surface area contributed by atoms with E-state index in [1.807, 2.05) is 0 Å². The van der Waals surface area contributed by atoms with Crippen LogP contribution in [0.3, 0.4) is 0 Å².